The first kappa shape index (κ1) is 91.4. The number of aliphatic hydroxyl groups is 11. The van der Waals surface area contributed by atoms with E-state index >= 15 is 0 Å². The number of hydrogen-bond acceptors (Lipinski definition) is 18. The molecule has 19 heteroatoms. The van der Waals surface area contributed by atoms with Crippen LogP contribution in [0.3, 0.4) is 0 Å². The van der Waals surface area contributed by atoms with E-state index in [2.05, 4.69) is 92.1 Å². The number of carbonyl (C=O) groups excluding carboxylic acids is 1. The van der Waals surface area contributed by atoms with E-state index in [4.69, 9.17) is 28.4 Å². The summed E-state index contributed by atoms with van der Waals surface area (Å²) in [5.74, 6) is -0.242. The van der Waals surface area contributed by atoms with Crippen LogP contribution in [0.1, 0.15) is 303 Å². The van der Waals surface area contributed by atoms with Gasteiger partial charge in [-0.05, 0) is 64.2 Å². The topological polar surface area (TPSA) is 307 Å². The van der Waals surface area contributed by atoms with Crippen LogP contribution in [0.15, 0.2) is 72.9 Å². The summed E-state index contributed by atoms with van der Waals surface area (Å²) in [5, 5.41) is 121. The Morgan fingerprint density at radius 1 is 0.370 bits per heavy atom. The highest BCUT2D eigenvalue weighted by Crippen LogP contribution is 2.33. The summed E-state index contributed by atoms with van der Waals surface area (Å²) in [6, 6.07) is -0.892. The Balaban J connectivity index is 1.36. The van der Waals surface area contributed by atoms with Gasteiger partial charge in [-0.25, -0.2) is 0 Å². The quantitative estimate of drug-likeness (QED) is 0.0199. The molecule has 19 nitrogen and oxygen atoms in total. The highest BCUT2D eigenvalue weighted by Gasteiger charge is 2.54. The fourth-order valence-corrected chi connectivity index (χ4v) is 13.4. The van der Waals surface area contributed by atoms with Crippen LogP contribution in [-0.4, -0.2) is 193 Å². The van der Waals surface area contributed by atoms with Crippen LogP contribution in [0, 0.1) is 0 Å². The van der Waals surface area contributed by atoms with Crippen LogP contribution in [0.25, 0.3) is 0 Å². The van der Waals surface area contributed by atoms with Gasteiger partial charge in [0.25, 0.3) is 0 Å². The number of allylic oxidation sites excluding steroid dienone is 12. The van der Waals surface area contributed by atoms with Crippen molar-refractivity contribution in [2.24, 2.45) is 0 Å². The second kappa shape index (κ2) is 61.4. The maximum absolute atomic E-state index is 13.5. The molecule has 0 aromatic heterocycles. The van der Waals surface area contributed by atoms with Crippen molar-refractivity contribution in [3.05, 3.63) is 72.9 Å². The van der Waals surface area contributed by atoms with E-state index in [0.29, 0.717) is 12.8 Å². The number of unbranched alkanes of at least 4 members (excludes halogenated alkanes) is 35. The summed E-state index contributed by atoms with van der Waals surface area (Å²) in [6.45, 7) is 1.72. The Bertz CT molecular complexity index is 2090. The maximum Gasteiger partial charge on any atom is 0.220 e. The summed E-state index contributed by atoms with van der Waals surface area (Å²) in [4.78, 5) is 13.5. The third-order valence-corrected chi connectivity index (χ3v) is 19.8. The van der Waals surface area contributed by atoms with Gasteiger partial charge in [0.1, 0.15) is 73.2 Å². The van der Waals surface area contributed by atoms with Gasteiger partial charge in [0.05, 0.1) is 38.6 Å². The van der Waals surface area contributed by atoms with Gasteiger partial charge in [-0.15, -0.1) is 0 Å². The van der Waals surface area contributed by atoms with Crippen molar-refractivity contribution in [1.29, 1.82) is 0 Å². The molecule has 0 bridgehead atoms. The molecular formula is C81H145NO18. The maximum atomic E-state index is 13.5. The molecule has 0 aromatic carbocycles. The number of amides is 1. The zero-order valence-corrected chi connectivity index (χ0v) is 62.2. The first-order valence-electron chi connectivity index (χ1n) is 40.2. The summed E-state index contributed by atoms with van der Waals surface area (Å²) in [7, 11) is 0. The van der Waals surface area contributed by atoms with Crippen molar-refractivity contribution < 1.29 is 89.4 Å². The number of nitrogens with one attached hydrogen (secondary N) is 1. The van der Waals surface area contributed by atoms with Crippen molar-refractivity contribution in [2.75, 3.05) is 26.4 Å². The minimum atomic E-state index is -1.97. The second-order valence-electron chi connectivity index (χ2n) is 28.5. The smallest absolute Gasteiger partial charge is 0.220 e. The molecule has 3 aliphatic rings. The van der Waals surface area contributed by atoms with E-state index in [-0.39, 0.29) is 18.9 Å². The zero-order valence-electron chi connectivity index (χ0n) is 62.2. The summed E-state index contributed by atoms with van der Waals surface area (Å²) in [5.41, 5.74) is 0. The SMILES string of the molecule is CC/C=C\C/C=C\C/C=C\C/C=C\C/C=C\C/C=C\CCCCCCCCCCCCCCCCC(=O)NC(COC1OC(CO)C(OC2OC(CO)C(OC3OC(CO)C(O)C(O)C3O)C(O)C2O)C(O)C1O)C(O)CCCCCCCCCCCCCCCCCCCCCCCC. The molecule has 3 saturated heterocycles. The van der Waals surface area contributed by atoms with Gasteiger partial charge < -0.3 is 89.9 Å². The molecule has 3 rings (SSSR count). The number of hydrogen-bond donors (Lipinski definition) is 12. The van der Waals surface area contributed by atoms with Crippen LogP contribution >= 0.6 is 0 Å². The number of carbonyl (C=O) groups is 1. The van der Waals surface area contributed by atoms with Crippen LogP contribution in [0.4, 0.5) is 0 Å². The molecule has 582 valence electrons. The van der Waals surface area contributed by atoms with Crippen molar-refractivity contribution in [2.45, 2.75) is 407 Å². The minimum Gasteiger partial charge on any atom is -0.394 e. The summed E-state index contributed by atoms with van der Waals surface area (Å²) in [6.07, 6.45) is 52.6. The Morgan fingerprint density at radius 3 is 1.08 bits per heavy atom. The third-order valence-electron chi connectivity index (χ3n) is 19.8. The molecule has 3 fully saturated rings. The molecule has 0 radical (unpaired) electrons. The van der Waals surface area contributed by atoms with E-state index in [1.54, 1.807) is 0 Å². The Hall–Kier alpha value is -2.77. The molecule has 3 heterocycles. The largest absolute Gasteiger partial charge is 0.394 e. The molecule has 3 aliphatic heterocycles. The average molecular weight is 1420 g/mol. The van der Waals surface area contributed by atoms with E-state index in [1.165, 1.54) is 180 Å². The Kier molecular flexibility index (Phi) is 56.1. The lowest BCUT2D eigenvalue weighted by molar-refractivity contribution is -0.379. The second-order valence-corrected chi connectivity index (χ2v) is 28.5. The molecule has 0 aromatic rings. The van der Waals surface area contributed by atoms with Crippen molar-refractivity contribution in [1.82, 2.24) is 5.32 Å². The Morgan fingerprint density at radius 2 is 0.690 bits per heavy atom. The number of aliphatic hydroxyl groups excluding tert-OH is 11. The molecule has 100 heavy (non-hydrogen) atoms. The lowest BCUT2D eigenvalue weighted by Gasteiger charge is -2.48. The van der Waals surface area contributed by atoms with Crippen molar-refractivity contribution >= 4 is 5.91 Å². The fraction of sp³-hybridized carbons (Fsp3) is 0.840. The minimum absolute atomic E-state index is 0.242. The first-order chi connectivity index (χ1) is 48.8. The molecule has 17 unspecified atom stereocenters. The van der Waals surface area contributed by atoms with Gasteiger partial charge in [0.2, 0.25) is 5.91 Å². The predicted molar refractivity (Wildman–Crippen MR) is 397 cm³/mol. The Labute approximate surface area is 604 Å². The summed E-state index contributed by atoms with van der Waals surface area (Å²) < 4.78 is 34.5. The van der Waals surface area contributed by atoms with E-state index in [9.17, 15) is 61.0 Å². The van der Waals surface area contributed by atoms with E-state index in [1.807, 2.05) is 0 Å². The van der Waals surface area contributed by atoms with Crippen LogP contribution in [0.5, 0.6) is 0 Å². The predicted octanol–water partition coefficient (Wildman–Crippen LogP) is 13.2. The third kappa shape index (κ3) is 41.2. The van der Waals surface area contributed by atoms with Gasteiger partial charge in [-0.1, -0.05) is 305 Å². The summed E-state index contributed by atoms with van der Waals surface area (Å²) >= 11 is 0. The van der Waals surface area contributed by atoms with Gasteiger partial charge in [0.15, 0.2) is 18.9 Å². The highest BCUT2D eigenvalue weighted by atomic mass is 16.8. The number of ether oxygens (including phenoxy) is 6. The van der Waals surface area contributed by atoms with Crippen molar-refractivity contribution in [3.8, 4) is 0 Å². The molecule has 0 saturated carbocycles. The number of rotatable bonds is 63. The van der Waals surface area contributed by atoms with Gasteiger partial charge in [-0.3, -0.25) is 4.79 Å². The molecule has 0 spiro atoms. The van der Waals surface area contributed by atoms with Gasteiger partial charge in [0, 0.05) is 6.42 Å². The molecular weight excluding hydrogens is 1270 g/mol. The van der Waals surface area contributed by atoms with Crippen LogP contribution in [0.2, 0.25) is 0 Å². The monoisotopic (exact) mass is 1420 g/mol. The molecule has 1 amide bonds. The standard InChI is InChI=1S/C81H145NO18/c1-3-5-7-9-11-13-15-17-19-21-23-25-27-28-29-30-31-32-33-34-35-36-37-39-41-43-45-47-49-51-53-55-57-59-69(87)82-64(65(86)58-56-54-52-50-48-46-44-42-40-38-26-24-22-20-18-16-14-12-10-8-6-4-2)63-95-79-75(93)72(90)77(67(61-84)97-79)100-81-76(94)73(91)78(68(62-85)98-81)99-80-74(92)71(89)70(88)66(60-83)96-80/h5,7,11,13,17,19,23,25,28-29,31-32,64-68,70-81,83-86,88-94H,3-4,6,8-10,12,14-16,18,20-22,24,26-27,30,33-63H2,1-2H3,(H,82,87)/b7-5-,13-11-,19-17-,25-23-,29-28-,32-31-. The van der Waals surface area contributed by atoms with Crippen LogP contribution < -0.4 is 5.32 Å². The zero-order chi connectivity index (χ0) is 72.5. The first-order valence-corrected chi connectivity index (χ1v) is 40.2. The molecule has 17 atom stereocenters. The normalized spacial score (nSPS) is 26.8. The molecule has 0 aliphatic carbocycles. The van der Waals surface area contributed by atoms with E-state index < -0.39 is 124 Å². The van der Waals surface area contributed by atoms with Gasteiger partial charge >= 0.3 is 0 Å². The van der Waals surface area contributed by atoms with Crippen molar-refractivity contribution in [3.63, 3.8) is 0 Å². The average Bonchev–Trinajstić information content (AvgIpc) is 0.783. The van der Waals surface area contributed by atoms with Crippen LogP contribution in [-0.2, 0) is 33.2 Å². The van der Waals surface area contributed by atoms with Gasteiger partial charge in [-0.2, -0.15) is 0 Å². The van der Waals surface area contributed by atoms with E-state index in [0.717, 1.165) is 89.9 Å². The molecule has 12 N–H and O–H groups in total. The lowest BCUT2D eigenvalue weighted by Crippen LogP contribution is -2.66. The fourth-order valence-electron chi connectivity index (χ4n) is 13.4. The highest BCUT2D eigenvalue weighted by molar-refractivity contribution is 5.76. The lowest BCUT2D eigenvalue weighted by atomic mass is 9.96.